The van der Waals surface area contributed by atoms with E-state index in [-0.39, 0.29) is 23.9 Å². The standard InChI is InChI=1S/C25H24ClN3O4S/c1-32-21-12-19-20(13-22(21)33-2)27-15-29(25(19)31)10-3-4-23(30)28-24(17-9-11-34-14-17)16-5-7-18(26)8-6-16/h5-9,11-15,24H,3-4,10H2,1-2H3,(H,28,30). The maximum absolute atomic E-state index is 12.9. The monoisotopic (exact) mass is 497 g/mol. The van der Waals surface area contributed by atoms with Gasteiger partial charge < -0.3 is 14.8 Å². The van der Waals surface area contributed by atoms with Gasteiger partial charge >= 0.3 is 0 Å². The first-order valence-corrected chi connectivity index (χ1v) is 12.0. The van der Waals surface area contributed by atoms with Gasteiger partial charge in [-0.25, -0.2) is 4.98 Å². The zero-order chi connectivity index (χ0) is 24.1. The first kappa shape index (κ1) is 23.8. The number of halogens is 1. The zero-order valence-electron chi connectivity index (χ0n) is 18.8. The molecule has 4 rings (SSSR count). The lowest BCUT2D eigenvalue weighted by Crippen LogP contribution is -2.29. The van der Waals surface area contributed by atoms with Crippen molar-refractivity contribution in [3.05, 3.63) is 86.1 Å². The number of nitrogens with one attached hydrogen (secondary N) is 1. The van der Waals surface area contributed by atoms with Gasteiger partial charge in [-0.15, -0.1) is 0 Å². The molecular weight excluding hydrogens is 474 g/mol. The van der Waals surface area contributed by atoms with E-state index in [4.69, 9.17) is 21.1 Å². The fourth-order valence-electron chi connectivity index (χ4n) is 3.74. The van der Waals surface area contributed by atoms with E-state index in [1.165, 1.54) is 25.1 Å². The Hall–Kier alpha value is -3.36. The van der Waals surface area contributed by atoms with Crippen molar-refractivity contribution in [3.63, 3.8) is 0 Å². The Morgan fingerprint density at radius 2 is 1.85 bits per heavy atom. The van der Waals surface area contributed by atoms with Crippen LogP contribution in [0.15, 0.2) is 64.3 Å². The van der Waals surface area contributed by atoms with Crippen LogP contribution in [0.1, 0.15) is 30.0 Å². The van der Waals surface area contributed by atoms with E-state index in [1.807, 2.05) is 41.1 Å². The molecule has 2 aromatic heterocycles. The van der Waals surface area contributed by atoms with Crippen molar-refractivity contribution in [2.45, 2.75) is 25.4 Å². The van der Waals surface area contributed by atoms with E-state index >= 15 is 0 Å². The van der Waals surface area contributed by atoms with Crippen LogP contribution in [0.2, 0.25) is 5.02 Å². The summed E-state index contributed by atoms with van der Waals surface area (Å²) in [4.78, 5) is 30.1. The summed E-state index contributed by atoms with van der Waals surface area (Å²) in [7, 11) is 3.05. The number of aromatic nitrogens is 2. The average Bonchev–Trinajstić information content (AvgIpc) is 3.38. The third-order valence-corrected chi connectivity index (χ3v) is 6.47. The first-order valence-electron chi connectivity index (χ1n) is 10.7. The summed E-state index contributed by atoms with van der Waals surface area (Å²) in [6.45, 7) is 0.369. The Bertz CT molecular complexity index is 1340. The molecule has 0 bridgehead atoms. The molecule has 0 saturated carbocycles. The van der Waals surface area contributed by atoms with E-state index in [1.54, 1.807) is 23.5 Å². The Balaban J connectivity index is 1.44. The highest BCUT2D eigenvalue weighted by Gasteiger charge is 2.17. The molecule has 2 heterocycles. The zero-order valence-corrected chi connectivity index (χ0v) is 20.4. The Kier molecular flexibility index (Phi) is 7.49. The largest absolute Gasteiger partial charge is 0.493 e. The molecule has 0 fully saturated rings. The summed E-state index contributed by atoms with van der Waals surface area (Å²) in [6.07, 6.45) is 2.25. The summed E-state index contributed by atoms with van der Waals surface area (Å²) >= 11 is 7.60. The van der Waals surface area contributed by atoms with Crippen molar-refractivity contribution < 1.29 is 14.3 Å². The van der Waals surface area contributed by atoms with E-state index in [2.05, 4.69) is 10.3 Å². The second kappa shape index (κ2) is 10.7. The minimum Gasteiger partial charge on any atom is -0.493 e. The van der Waals surface area contributed by atoms with Gasteiger partial charge in [0.1, 0.15) is 0 Å². The van der Waals surface area contributed by atoms with Crippen LogP contribution < -0.4 is 20.3 Å². The molecule has 1 atom stereocenters. The number of amides is 1. The summed E-state index contributed by atoms with van der Waals surface area (Å²) in [5.41, 5.74) is 2.30. The quantitative estimate of drug-likeness (QED) is 0.358. The van der Waals surface area contributed by atoms with Crippen LogP contribution in [0, 0.1) is 0 Å². The van der Waals surface area contributed by atoms with Crippen LogP contribution in [-0.2, 0) is 11.3 Å². The number of carbonyl (C=O) groups is 1. The topological polar surface area (TPSA) is 82.5 Å². The minimum absolute atomic E-state index is 0.0978. The minimum atomic E-state index is -0.261. The number of carbonyl (C=O) groups excluding carboxylic acids is 1. The molecular formula is C25H24ClN3O4S. The van der Waals surface area contributed by atoms with Crippen LogP contribution in [0.5, 0.6) is 11.5 Å². The summed E-state index contributed by atoms with van der Waals surface area (Å²) in [6, 6.07) is 12.5. The van der Waals surface area contributed by atoms with Crippen LogP contribution in [0.4, 0.5) is 0 Å². The van der Waals surface area contributed by atoms with Gasteiger partial charge in [0.15, 0.2) is 11.5 Å². The maximum atomic E-state index is 12.9. The number of aryl methyl sites for hydroxylation is 1. The molecule has 1 amide bonds. The number of rotatable bonds is 9. The second-order valence-electron chi connectivity index (χ2n) is 7.68. The van der Waals surface area contributed by atoms with Crippen molar-refractivity contribution in [2.75, 3.05) is 14.2 Å². The number of benzene rings is 2. The van der Waals surface area contributed by atoms with Gasteiger partial charge in [0, 0.05) is 24.1 Å². The molecule has 7 nitrogen and oxygen atoms in total. The van der Waals surface area contributed by atoms with E-state index < -0.39 is 0 Å². The number of nitrogens with zero attached hydrogens (tertiary/aromatic N) is 2. The molecule has 4 aromatic rings. The van der Waals surface area contributed by atoms with E-state index in [9.17, 15) is 9.59 Å². The van der Waals surface area contributed by atoms with Gasteiger partial charge in [0.05, 0.1) is 37.5 Å². The Labute approximate surface area is 205 Å². The molecule has 176 valence electrons. The van der Waals surface area contributed by atoms with Crippen molar-refractivity contribution >= 4 is 39.7 Å². The summed E-state index contributed by atoms with van der Waals surface area (Å²) < 4.78 is 12.1. The number of thiophene rings is 1. The van der Waals surface area contributed by atoms with Crippen LogP contribution in [0.25, 0.3) is 10.9 Å². The number of ether oxygens (including phenoxy) is 2. The first-order chi connectivity index (χ1) is 16.5. The van der Waals surface area contributed by atoms with Crippen LogP contribution in [-0.4, -0.2) is 29.7 Å². The lowest BCUT2D eigenvalue weighted by Gasteiger charge is -2.19. The molecule has 0 aliphatic heterocycles. The lowest BCUT2D eigenvalue weighted by atomic mass is 10.0. The van der Waals surface area contributed by atoms with Crippen molar-refractivity contribution in [2.24, 2.45) is 0 Å². The number of hydrogen-bond acceptors (Lipinski definition) is 6. The molecule has 1 N–H and O–H groups in total. The fourth-order valence-corrected chi connectivity index (χ4v) is 4.55. The van der Waals surface area contributed by atoms with Crippen molar-refractivity contribution in [3.8, 4) is 11.5 Å². The third kappa shape index (κ3) is 5.24. The Morgan fingerprint density at radius 1 is 1.12 bits per heavy atom. The van der Waals surface area contributed by atoms with E-state index in [0.717, 1.165) is 11.1 Å². The Morgan fingerprint density at radius 3 is 2.53 bits per heavy atom. The van der Waals surface area contributed by atoms with Gasteiger partial charge in [0.2, 0.25) is 5.91 Å². The van der Waals surface area contributed by atoms with Crippen molar-refractivity contribution in [1.82, 2.24) is 14.9 Å². The highest BCUT2D eigenvalue weighted by Crippen LogP contribution is 2.30. The van der Waals surface area contributed by atoms with Crippen LogP contribution >= 0.6 is 22.9 Å². The number of fused-ring (bicyclic) bond motifs is 1. The number of hydrogen-bond donors (Lipinski definition) is 1. The summed E-state index contributed by atoms with van der Waals surface area (Å²) in [5.74, 6) is 0.879. The number of methoxy groups -OCH3 is 2. The smallest absolute Gasteiger partial charge is 0.261 e. The van der Waals surface area contributed by atoms with E-state index in [0.29, 0.717) is 40.4 Å². The van der Waals surface area contributed by atoms with Gasteiger partial charge in [-0.2, -0.15) is 11.3 Å². The van der Waals surface area contributed by atoms with Crippen molar-refractivity contribution in [1.29, 1.82) is 0 Å². The SMILES string of the molecule is COc1cc2ncn(CCCC(=O)NC(c3ccc(Cl)cc3)c3ccsc3)c(=O)c2cc1OC. The highest BCUT2D eigenvalue weighted by molar-refractivity contribution is 7.08. The highest BCUT2D eigenvalue weighted by atomic mass is 35.5. The molecule has 0 spiro atoms. The van der Waals surface area contributed by atoms with Crippen LogP contribution in [0.3, 0.4) is 0 Å². The normalized spacial score (nSPS) is 11.9. The predicted octanol–water partition coefficient (Wildman–Crippen LogP) is 4.81. The maximum Gasteiger partial charge on any atom is 0.261 e. The van der Waals surface area contributed by atoms with Gasteiger partial charge in [-0.05, 0) is 52.6 Å². The third-order valence-electron chi connectivity index (χ3n) is 5.52. The fraction of sp³-hybridized carbons (Fsp3) is 0.240. The molecule has 0 radical (unpaired) electrons. The molecule has 1 unspecified atom stereocenters. The van der Waals surface area contributed by atoms with Gasteiger partial charge in [-0.1, -0.05) is 23.7 Å². The van der Waals surface area contributed by atoms with Gasteiger partial charge in [-0.3, -0.25) is 14.2 Å². The lowest BCUT2D eigenvalue weighted by molar-refractivity contribution is -0.121. The molecule has 0 saturated heterocycles. The molecule has 0 aliphatic rings. The molecule has 0 aliphatic carbocycles. The molecule has 9 heteroatoms. The predicted molar refractivity (Wildman–Crippen MR) is 134 cm³/mol. The molecule has 2 aromatic carbocycles. The average molecular weight is 498 g/mol. The van der Waals surface area contributed by atoms with Gasteiger partial charge in [0.25, 0.3) is 5.56 Å². The summed E-state index contributed by atoms with van der Waals surface area (Å²) in [5, 5.41) is 8.18. The molecule has 34 heavy (non-hydrogen) atoms. The second-order valence-corrected chi connectivity index (χ2v) is 8.90.